The minimum Gasteiger partial charge on any atom is -0.490 e. The summed E-state index contributed by atoms with van der Waals surface area (Å²) in [5, 5.41) is -1.23. The molecule has 88 heavy (non-hydrogen) atoms. The molecule has 2 fully saturated rings. The molecule has 0 saturated heterocycles. The summed E-state index contributed by atoms with van der Waals surface area (Å²) in [5.74, 6) is 0.568. The summed E-state index contributed by atoms with van der Waals surface area (Å²) in [6.07, 6.45) is 14.8. The van der Waals surface area contributed by atoms with Gasteiger partial charge in [0.25, 0.3) is 11.8 Å². The smallest absolute Gasteiger partial charge is 0.264 e. The van der Waals surface area contributed by atoms with E-state index >= 15 is 8.78 Å². The lowest BCUT2D eigenvalue weighted by molar-refractivity contribution is -0.000534. The number of allylic oxidation sites excluding steroid dienone is 2. The number of methoxy groups -OCH3 is 2. The second kappa shape index (κ2) is 23.5. The van der Waals surface area contributed by atoms with E-state index in [1.54, 1.807) is 76.6 Å². The third-order valence-corrected chi connectivity index (χ3v) is 27.1. The van der Waals surface area contributed by atoms with Crippen molar-refractivity contribution in [3.05, 3.63) is 139 Å². The van der Waals surface area contributed by atoms with Crippen molar-refractivity contribution in [3.63, 3.8) is 0 Å². The lowest BCUT2D eigenvalue weighted by atomic mass is 9.64. The van der Waals surface area contributed by atoms with Gasteiger partial charge in [0.2, 0.25) is 20.0 Å². The van der Waals surface area contributed by atoms with Crippen LogP contribution >= 0.6 is 23.2 Å². The van der Waals surface area contributed by atoms with Crippen molar-refractivity contribution in [2.75, 3.05) is 63.4 Å². The normalized spacial score (nSPS) is 34.2. The number of nitrogens with one attached hydrogen (secondary N) is 2. The maximum absolute atomic E-state index is 15.3. The number of anilines is 2. The van der Waals surface area contributed by atoms with Gasteiger partial charge in [-0.05, 0) is 220 Å². The Morgan fingerprint density at radius 3 is 1.35 bits per heavy atom. The minimum atomic E-state index is -3.93. The fraction of sp³-hybridized carbons (Fsp3) is 0.559. The van der Waals surface area contributed by atoms with E-state index in [2.05, 4.69) is 31.4 Å². The van der Waals surface area contributed by atoms with Crippen LogP contribution in [-0.4, -0.2) is 105 Å². The summed E-state index contributed by atoms with van der Waals surface area (Å²) in [7, 11) is -4.31. The lowest BCUT2D eigenvalue weighted by Gasteiger charge is -2.48. The molecule has 14 atom stereocenters. The number of ether oxygens (including phenoxy) is 4. The number of hydrogen-bond donors (Lipinski definition) is 2. The van der Waals surface area contributed by atoms with Gasteiger partial charge in [-0.1, -0.05) is 61.3 Å². The van der Waals surface area contributed by atoms with E-state index in [-0.39, 0.29) is 68.7 Å². The first-order chi connectivity index (χ1) is 42.0. The van der Waals surface area contributed by atoms with E-state index in [0.29, 0.717) is 85.4 Å². The molecule has 2 amide bonds. The molecule has 0 aromatic heterocycles. The number of nitrogens with zero attached hydrogens (tertiary/aromatic N) is 2. The van der Waals surface area contributed by atoms with E-state index in [9.17, 15) is 26.4 Å². The maximum atomic E-state index is 15.3. The molecule has 12 aliphatic rings. The van der Waals surface area contributed by atoms with Gasteiger partial charge in [-0.25, -0.2) is 35.1 Å². The van der Waals surface area contributed by atoms with E-state index in [0.717, 1.165) is 99.8 Å². The Bertz CT molecular complexity index is 3530. The second-order valence-electron chi connectivity index (χ2n) is 27.4. The van der Waals surface area contributed by atoms with Crippen LogP contribution in [0.1, 0.15) is 135 Å². The number of carbonyl (C=O) groups excluding carboxylic acids is 2. The Labute approximate surface area is 526 Å². The van der Waals surface area contributed by atoms with Crippen LogP contribution in [0.3, 0.4) is 0 Å². The van der Waals surface area contributed by atoms with Crippen molar-refractivity contribution < 1.29 is 54.2 Å². The monoisotopic (exact) mass is 1280 g/mol. The van der Waals surface area contributed by atoms with Crippen molar-refractivity contribution in [2.45, 2.75) is 138 Å². The molecule has 16 rings (SSSR count). The highest BCUT2D eigenvalue weighted by Crippen LogP contribution is 2.53. The highest BCUT2D eigenvalue weighted by atomic mass is 35.5. The first kappa shape index (κ1) is 61.6. The van der Waals surface area contributed by atoms with Crippen LogP contribution in [0.2, 0.25) is 10.0 Å². The number of carbonyl (C=O) groups is 2. The van der Waals surface area contributed by atoms with E-state index in [4.69, 9.17) is 42.1 Å². The third-order valence-electron chi connectivity index (χ3n) is 22.8. The minimum absolute atomic E-state index is 0.00800. The van der Waals surface area contributed by atoms with Gasteiger partial charge in [-0.15, -0.1) is 0 Å². The second-order valence-corrected chi connectivity index (χ2v) is 32.3. The van der Waals surface area contributed by atoms with E-state index in [1.807, 2.05) is 26.0 Å². The van der Waals surface area contributed by atoms with Gasteiger partial charge in [0.1, 0.15) is 23.1 Å². The SMILES string of the molecule is CO[C@H]1C2=C[C@@H](C2)[C@H](C)[C@@H](C)S(=O)(=O)NC(=O)c2ccc3c(c2)N(C[C@@H]2CC[C@H]21)C[C@@]1(CCCc2c1ccc(Cl)c2F)CO3.CO[C@H]1C2=C[C@H](C2)[C@H](C)[C@@H](C)S(=O)(=O)NC(=O)c2ccc3c(c2)N(C[C@@H]2CC[C@H]21)C[C@@]1(CCCc2c1ccc(Cl)c2F)CO3. The molecular weight excluding hydrogens is 1210 g/mol. The molecule has 6 aliphatic carbocycles. The highest BCUT2D eigenvalue weighted by Gasteiger charge is 2.50. The van der Waals surface area contributed by atoms with E-state index in [1.165, 1.54) is 11.1 Å². The van der Waals surface area contributed by atoms with Crippen LogP contribution < -0.4 is 28.7 Å². The number of benzene rings is 4. The van der Waals surface area contributed by atoms with Crippen molar-refractivity contribution >= 4 is 66.4 Å². The van der Waals surface area contributed by atoms with Crippen LogP contribution in [-0.2, 0) is 53.2 Å². The molecule has 6 heterocycles. The fourth-order valence-corrected chi connectivity index (χ4v) is 19.7. The standard InChI is InChI=1S/2C34H40ClFN2O5S/c2*1-19-20(2)44(40,41)37-33(39)21-7-11-30-29(15-21)38(16-22-6-8-25(22)32(42-3)24-13-23(19)14-24)17-34(18-43-30)12-4-5-26-27(34)9-10-28(35)31(26)36/h2*7,9-11,13,15,19-20,22-23,25,32H,4-6,8,12,14,16-18H2,1-3H3,(H,37,39)/t19-,20-,22+,23+,25-,32+,34+;19-,20-,22+,23-,25-,32+,34+/m11/s1. The topological polar surface area (TPSA) is 170 Å². The molecular formula is C68H80Cl2F2N4O10S2. The van der Waals surface area contributed by atoms with Crippen molar-refractivity contribution in [1.82, 2.24) is 9.44 Å². The highest BCUT2D eigenvalue weighted by molar-refractivity contribution is 7.91. The number of amides is 2. The summed E-state index contributed by atoms with van der Waals surface area (Å²) in [6.45, 7) is 10.6. The van der Waals surface area contributed by atoms with Gasteiger partial charge < -0.3 is 28.7 Å². The van der Waals surface area contributed by atoms with Gasteiger partial charge in [-0.2, -0.15) is 0 Å². The number of halogens is 4. The zero-order chi connectivity index (χ0) is 61.9. The van der Waals surface area contributed by atoms with Gasteiger partial charge in [0, 0.05) is 62.4 Å². The zero-order valence-corrected chi connectivity index (χ0v) is 54.0. The lowest BCUT2D eigenvalue weighted by Crippen LogP contribution is -2.50. The Kier molecular flexibility index (Phi) is 16.4. The number of fused-ring (bicyclic) bond motifs is 12. The molecule has 2 spiro atoms. The summed E-state index contributed by atoms with van der Waals surface area (Å²) >= 11 is 12.4. The quantitative estimate of drug-likeness (QED) is 0.182. The Balaban J connectivity index is 0.000000162. The molecule has 20 heteroatoms. The molecule has 2 N–H and O–H groups in total. The van der Waals surface area contributed by atoms with Crippen LogP contribution in [0, 0.1) is 59.0 Å². The maximum Gasteiger partial charge on any atom is 0.264 e. The Hall–Kier alpha value is -5.24. The summed E-state index contributed by atoms with van der Waals surface area (Å²) in [5.41, 5.74) is 6.76. The van der Waals surface area contributed by atoms with Crippen LogP contribution in [0.5, 0.6) is 11.5 Å². The largest absolute Gasteiger partial charge is 0.490 e. The van der Waals surface area contributed by atoms with Crippen molar-refractivity contribution in [3.8, 4) is 11.5 Å². The van der Waals surface area contributed by atoms with Gasteiger partial charge in [0.05, 0.1) is 57.3 Å². The molecule has 14 nitrogen and oxygen atoms in total. The van der Waals surface area contributed by atoms with Gasteiger partial charge in [-0.3, -0.25) is 9.59 Å². The zero-order valence-electron chi connectivity index (χ0n) is 50.9. The molecule has 8 bridgehead atoms. The average Bonchev–Trinajstić information content (AvgIpc) is 1.56. The average molecular weight is 1290 g/mol. The first-order valence-corrected chi connectivity index (χ1v) is 35.4. The predicted octanol–water partition coefficient (Wildman–Crippen LogP) is 12.1. The van der Waals surface area contributed by atoms with Crippen molar-refractivity contribution in [1.29, 1.82) is 0 Å². The summed E-state index contributed by atoms with van der Waals surface area (Å²) in [6, 6.07) is 17.5. The number of hydrogen-bond acceptors (Lipinski definition) is 12. The Morgan fingerprint density at radius 2 is 0.989 bits per heavy atom. The van der Waals surface area contributed by atoms with Crippen LogP contribution in [0.25, 0.3) is 0 Å². The molecule has 4 aromatic rings. The summed E-state index contributed by atoms with van der Waals surface area (Å²) < 4.78 is 114. The molecule has 0 radical (unpaired) electrons. The van der Waals surface area contributed by atoms with Crippen LogP contribution in [0.15, 0.2) is 84.0 Å². The molecule has 2 saturated carbocycles. The first-order valence-electron chi connectivity index (χ1n) is 31.6. The van der Waals surface area contributed by atoms with Gasteiger partial charge in [0.15, 0.2) is 0 Å². The summed E-state index contributed by atoms with van der Waals surface area (Å²) in [4.78, 5) is 31.5. The van der Waals surface area contributed by atoms with Crippen molar-refractivity contribution in [2.24, 2.45) is 47.3 Å². The predicted molar refractivity (Wildman–Crippen MR) is 337 cm³/mol. The molecule has 4 aromatic carbocycles. The van der Waals surface area contributed by atoms with Crippen LogP contribution in [0.4, 0.5) is 20.2 Å². The number of rotatable bonds is 2. The number of sulfonamides is 2. The Morgan fingerprint density at radius 1 is 0.591 bits per heavy atom. The molecule has 472 valence electrons. The molecule has 0 unspecified atom stereocenters. The van der Waals surface area contributed by atoms with Gasteiger partial charge >= 0.3 is 0 Å². The molecule has 6 aliphatic heterocycles. The van der Waals surface area contributed by atoms with E-state index < -0.39 is 53.2 Å². The third kappa shape index (κ3) is 10.7. The fourth-order valence-electron chi connectivity index (χ4n) is 16.7.